The Balaban J connectivity index is 2.48. The van der Waals surface area contributed by atoms with Crippen molar-refractivity contribution in [3.05, 3.63) is 0 Å². The van der Waals surface area contributed by atoms with Gasteiger partial charge >= 0.3 is 0 Å². The van der Waals surface area contributed by atoms with Crippen molar-refractivity contribution < 1.29 is 0 Å². The molecule has 0 radical (unpaired) electrons. The average molecular weight is 380 g/mol. The van der Waals surface area contributed by atoms with Crippen molar-refractivity contribution in [3.63, 3.8) is 0 Å². The molecule has 1 fully saturated rings. The van der Waals surface area contributed by atoms with Gasteiger partial charge in [-0.25, -0.2) is 6.23 Å². The van der Waals surface area contributed by atoms with Gasteiger partial charge in [0.2, 0.25) is 0 Å². The summed E-state index contributed by atoms with van der Waals surface area (Å²) in [5.74, 6) is 0. The highest BCUT2D eigenvalue weighted by Crippen LogP contribution is 2.23. The van der Waals surface area contributed by atoms with Gasteiger partial charge in [-0.1, -0.05) is 6.92 Å². The lowest BCUT2D eigenvalue weighted by molar-refractivity contribution is 0.202. The number of hydrogen-bond donors (Lipinski definition) is 0. The van der Waals surface area contributed by atoms with Gasteiger partial charge in [-0.05, 0) is 13.3 Å². The monoisotopic (exact) mass is 380 g/mol. The Morgan fingerprint density at radius 1 is 1.27 bits per heavy atom. The summed E-state index contributed by atoms with van der Waals surface area (Å²) in [4.78, 5) is 0. The second kappa shape index (κ2) is 4.57. The summed E-state index contributed by atoms with van der Waals surface area (Å²) in [6, 6.07) is 1.46. The van der Waals surface area contributed by atoms with Crippen LogP contribution in [0.2, 0.25) is 0 Å². The number of hydrogen-bond acceptors (Lipinski definition) is 2. The van der Waals surface area contributed by atoms with Crippen molar-refractivity contribution in [2.75, 3.05) is 13.1 Å². The molecular formula is C7H14I2N2. The Bertz CT molecular complexity index is 132. The molecule has 11 heavy (non-hydrogen) atoms. The van der Waals surface area contributed by atoms with Crippen LogP contribution in [0, 0.1) is 0 Å². The molecule has 1 rings (SSSR count). The molecule has 0 N–H and O–H groups in total. The van der Waals surface area contributed by atoms with E-state index in [0.29, 0.717) is 6.04 Å². The van der Waals surface area contributed by atoms with Crippen LogP contribution in [-0.4, -0.2) is 31.4 Å². The van der Waals surface area contributed by atoms with E-state index in [4.69, 9.17) is 0 Å². The normalized spacial score (nSPS) is 36.0. The molecule has 0 spiro atoms. The number of nitrogens with zero attached hydrogens (tertiary/aromatic N) is 2. The van der Waals surface area contributed by atoms with Crippen LogP contribution in [0.1, 0.15) is 20.3 Å². The third-order valence-electron chi connectivity index (χ3n) is 2.17. The maximum atomic E-state index is 2.45. The van der Waals surface area contributed by atoms with Crippen LogP contribution in [0.15, 0.2) is 0 Å². The lowest BCUT2D eigenvalue weighted by Crippen LogP contribution is -2.49. The average Bonchev–Trinajstić information content (AvgIpc) is 1.97. The van der Waals surface area contributed by atoms with Crippen LogP contribution in [0.5, 0.6) is 0 Å². The molecule has 66 valence electrons. The molecule has 0 aromatic heterocycles. The summed E-state index contributed by atoms with van der Waals surface area (Å²) in [7, 11) is 0. The quantitative estimate of drug-likeness (QED) is 0.510. The first-order valence-electron chi connectivity index (χ1n) is 4.00. The van der Waals surface area contributed by atoms with Gasteiger partial charge in [-0.2, -0.15) is 0 Å². The molecule has 0 unspecified atom stereocenters. The molecule has 0 aliphatic carbocycles. The lowest BCUT2D eigenvalue weighted by atomic mass is 10.1. The fourth-order valence-corrected chi connectivity index (χ4v) is 3.06. The van der Waals surface area contributed by atoms with Crippen molar-refractivity contribution in [1.29, 1.82) is 0 Å². The SMILES string of the molecule is CC[C@@H]1CN(I)[C@@H](C)CN1I. The third kappa shape index (κ3) is 2.67. The second-order valence-electron chi connectivity index (χ2n) is 3.08. The molecule has 1 aliphatic rings. The van der Waals surface area contributed by atoms with E-state index >= 15 is 0 Å². The second-order valence-corrected chi connectivity index (χ2v) is 5.55. The Hall–Kier alpha value is 1.38. The van der Waals surface area contributed by atoms with E-state index < -0.39 is 0 Å². The van der Waals surface area contributed by atoms with Gasteiger partial charge in [-0.3, -0.25) is 0 Å². The zero-order valence-corrected chi connectivity index (χ0v) is 11.2. The molecule has 2 nitrogen and oxygen atoms in total. The van der Waals surface area contributed by atoms with E-state index in [0.717, 1.165) is 6.04 Å². The van der Waals surface area contributed by atoms with Crippen molar-refractivity contribution in [1.82, 2.24) is 6.23 Å². The summed E-state index contributed by atoms with van der Waals surface area (Å²) >= 11 is 4.88. The molecule has 0 bridgehead atoms. The van der Waals surface area contributed by atoms with Crippen molar-refractivity contribution in [3.8, 4) is 0 Å². The van der Waals surface area contributed by atoms with E-state index in [9.17, 15) is 0 Å². The topological polar surface area (TPSA) is 6.48 Å². The number of rotatable bonds is 1. The number of piperazine rings is 1. The van der Waals surface area contributed by atoms with E-state index in [1.54, 1.807) is 0 Å². The Morgan fingerprint density at radius 3 is 2.45 bits per heavy atom. The fraction of sp³-hybridized carbons (Fsp3) is 1.00. The highest BCUT2D eigenvalue weighted by molar-refractivity contribution is 14.1. The van der Waals surface area contributed by atoms with Crippen molar-refractivity contribution in [2.45, 2.75) is 32.4 Å². The maximum Gasteiger partial charge on any atom is 0.0327 e. The van der Waals surface area contributed by atoms with E-state index in [1.165, 1.54) is 19.5 Å². The first-order valence-corrected chi connectivity index (χ1v) is 5.93. The molecule has 0 saturated carbocycles. The highest BCUT2D eigenvalue weighted by Gasteiger charge is 2.27. The van der Waals surface area contributed by atoms with Gasteiger partial charge in [0.05, 0.1) is 0 Å². The summed E-state index contributed by atoms with van der Waals surface area (Å²) in [5, 5.41) is 0. The van der Waals surface area contributed by atoms with Crippen LogP contribution >= 0.6 is 45.7 Å². The molecule has 1 heterocycles. The predicted octanol–water partition coefficient (Wildman–Crippen LogP) is 2.47. The molecular weight excluding hydrogens is 366 g/mol. The Kier molecular flexibility index (Phi) is 4.35. The molecule has 1 aliphatic heterocycles. The Labute approximate surface area is 96.7 Å². The molecule has 1 saturated heterocycles. The van der Waals surface area contributed by atoms with Crippen LogP contribution in [0.25, 0.3) is 0 Å². The van der Waals surface area contributed by atoms with Crippen molar-refractivity contribution in [2.24, 2.45) is 0 Å². The largest absolute Gasteiger partial charge is 0.242 e. The van der Waals surface area contributed by atoms with Crippen molar-refractivity contribution >= 4 is 45.7 Å². The van der Waals surface area contributed by atoms with E-state index in [2.05, 4.69) is 65.8 Å². The minimum absolute atomic E-state index is 0.704. The third-order valence-corrected chi connectivity index (χ3v) is 4.70. The van der Waals surface area contributed by atoms with Crippen LogP contribution < -0.4 is 0 Å². The zero-order valence-electron chi connectivity index (χ0n) is 6.93. The van der Waals surface area contributed by atoms with E-state index in [-0.39, 0.29) is 0 Å². The summed E-state index contributed by atoms with van der Waals surface area (Å²) < 4.78 is 4.86. The lowest BCUT2D eigenvalue weighted by Gasteiger charge is -2.38. The smallest absolute Gasteiger partial charge is 0.0327 e. The standard InChI is InChI=1S/C7H14I2N2/c1-3-7-5-10(8)6(2)4-11(7)9/h6-7H,3-5H2,1-2H3/t6-,7+/m0/s1. The summed E-state index contributed by atoms with van der Waals surface area (Å²) in [6.45, 7) is 6.95. The first-order chi connectivity index (χ1) is 5.15. The molecule has 0 amide bonds. The Morgan fingerprint density at radius 2 is 1.91 bits per heavy atom. The van der Waals surface area contributed by atoms with Gasteiger partial charge in [0.25, 0.3) is 0 Å². The number of halogens is 2. The summed E-state index contributed by atoms with van der Waals surface area (Å²) in [5.41, 5.74) is 0. The maximum absolute atomic E-state index is 2.45. The molecule has 2 atom stereocenters. The molecule has 0 aromatic rings. The van der Waals surface area contributed by atoms with Crippen LogP contribution in [-0.2, 0) is 0 Å². The van der Waals surface area contributed by atoms with Crippen LogP contribution in [0.4, 0.5) is 0 Å². The van der Waals surface area contributed by atoms with Gasteiger partial charge in [0, 0.05) is 70.9 Å². The zero-order chi connectivity index (χ0) is 8.43. The summed E-state index contributed by atoms with van der Waals surface area (Å²) in [6.07, 6.45) is 1.26. The molecule has 0 aromatic carbocycles. The minimum Gasteiger partial charge on any atom is -0.242 e. The first kappa shape index (κ1) is 10.5. The van der Waals surface area contributed by atoms with Gasteiger partial charge in [-0.15, -0.1) is 0 Å². The fourth-order valence-electron chi connectivity index (χ4n) is 1.29. The van der Waals surface area contributed by atoms with Gasteiger partial charge in [0.1, 0.15) is 0 Å². The van der Waals surface area contributed by atoms with Crippen LogP contribution in [0.3, 0.4) is 0 Å². The molecule has 4 heteroatoms. The predicted molar refractivity (Wildman–Crippen MR) is 65.0 cm³/mol. The van der Waals surface area contributed by atoms with Gasteiger partial charge < -0.3 is 0 Å². The minimum atomic E-state index is 0.704. The van der Waals surface area contributed by atoms with E-state index in [1.807, 2.05) is 0 Å². The van der Waals surface area contributed by atoms with Gasteiger partial charge in [0.15, 0.2) is 0 Å². The highest BCUT2D eigenvalue weighted by atomic mass is 127.